The number of methoxy groups -OCH3 is 1. The summed E-state index contributed by atoms with van der Waals surface area (Å²) in [7, 11) is 1.28. The average Bonchev–Trinajstić information content (AvgIpc) is 2.26. The minimum atomic E-state index is -0.431. The number of hydrogen-bond donors (Lipinski definition) is 2. The van der Waals surface area contributed by atoms with Gasteiger partial charge in [-0.3, -0.25) is 9.59 Å². The predicted molar refractivity (Wildman–Crippen MR) is 54.0 cm³/mol. The van der Waals surface area contributed by atoms with Crippen LogP contribution in [-0.2, 0) is 9.53 Å². The van der Waals surface area contributed by atoms with E-state index in [0.29, 0.717) is 17.5 Å². The zero-order valence-electron chi connectivity index (χ0n) is 8.19. The van der Waals surface area contributed by atoms with Crippen LogP contribution in [0.5, 0.6) is 5.75 Å². The summed E-state index contributed by atoms with van der Waals surface area (Å²) in [6, 6.07) is 4.25. The Balaban J connectivity index is 2.76. The quantitative estimate of drug-likeness (QED) is 0.435. The van der Waals surface area contributed by atoms with Gasteiger partial charge in [0.15, 0.2) is 6.29 Å². The molecule has 0 fully saturated rings. The molecule has 0 aliphatic carbocycles. The fraction of sp³-hybridized carbons (Fsp3) is 0.200. The fourth-order valence-corrected chi connectivity index (χ4v) is 1.05. The Morgan fingerprint density at radius 3 is 2.93 bits per heavy atom. The minimum absolute atomic E-state index is 0.000665. The van der Waals surface area contributed by atoms with E-state index in [9.17, 15) is 9.59 Å². The summed E-state index contributed by atoms with van der Waals surface area (Å²) in [5.74, 6) is -0.430. The van der Waals surface area contributed by atoms with Gasteiger partial charge in [0, 0.05) is 11.3 Å². The number of phenolic OH excluding ortho intramolecular Hbond substituents is 1. The first-order chi connectivity index (χ1) is 7.17. The second-order valence-corrected chi connectivity index (χ2v) is 2.82. The maximum absolute atomic E-state index is 10.8. The molecule has 0 aliphatic heterocycles. The molecule has 80 valence electrons. The molecule has 1 aromatic carbocycles. The third-order valence-corrected chi connectivity index (χ3v) is 1.81. The Morgan fingerprint density at radius 2 is 2.33 bits per heavy atom. The van der Waals surface area contributed by atoms with Crippen LogP contribution in [0.15, 0.2) is 18.2 Å². The Morgan fingerprint density at radius 1 is 1.60 bits per heavy atom. The van der Waals surface area contributed by atoms with Gasteiger partial charge in [-0.2, -0.15) is 0 Å². The van der Waals surface area contributed by atoms with Crippen LogP contribution in [0.1, 0.15) is 10.4 Å². The van der Waals surface area contributed by atoms with Crippen molar-refractivity contribution in [1.82, 2.24) is 0 Å². The van der Waals surface area contributed by atoms with Crippen LogP contribution in [0.25, 0.3) is 0 Å². The highest BCUT2D eigenvalue weighted by atomic mass is 16.5. The lowest BCUT2D eigenvalue weighted by Gasteiger charge is -2.07. The van der Waals surface area contributed by atoms with Crippen molar-refractivity contribution in [2.75, 3.05) is 19.0 Å². The third kappa shape index (κ3) is 2.98. The Bertz CT molecular complexity index is 376. The Hall–Kier alpha value is -2.04. The van der Waals surface area contributed by atoms with E-state index in [-0.39, 0.29) is 12.3 Å². The standard InChI is InChI=1S/C10H11NO4/c1-15-10(14)5-11-9-3-2-8(13)4-7(9)6-12/h2-4,6,11,13H,5H2,1H3. The number of ether oxygens (including phenoxy) is 1. The van der Waals surface area contributed by atoms with E-state index >= 15 is 0 Å². The van der Waals surface area contributed by atoms with E-state index in [1.54, 1.807) is 0 Å². The fourth-order valence-electron chi connectivity index (χ4n) is 1.05. The van der Waals surface area contributed by atoms with Crippen molar-refractivity contribution in [3.8, 4) is 5.75 Å². The van der Waals surface area contributed by atoms with Crippen LogP contribution in [0.3, 0.4) is 0 Å². The van der Waals surface area contributed by atoms with Crippen LogP contribution in [-0.4, -0.2) is 31.0 Å². The van der Waals surface area contributed by atoms with Gasteiger partial charge >= 0.3 is 5.97 Å². The lowest BCUT2D eigenvalue weighted by atomic mass is 10.2. The number of nitrogens with one attached hydrogen (secondary N) is 1. The van der Waals surface area contributed by atoms with Gasteiger partial charge in [-0.15, -0.1) is 0 Å². The van der Waals surface area contributed by atoms with Gasteiger partial charge in [0.05, 0.1) is 7.11 Å². The van der Waals surface area contributed by atoms with E-state index in [1.165, 1.54) is 25.3 Å². The molecule has 0 saturated carbocycles. The van der Waals surface area contributed by atoms with Crippen molar-refractivity contribution >= 4 is 17.9 Å². The first-order valence-electron chi connectivity index (χ1n) is 4.26. The topological polar surface area (TPSA) is 75.6 Å². The smallest absolute Gasteiger partial charge is 0.325 e. The van der Waals surface area contributed by atoms with Gasteiger partial charge in [0.25, 0.3) is 0 Å². The van der Waals surface area contributed by atoms with Gasteiger partial charge in [0.2, 0.25) is 0 Å². The van der Waals surface area contributed by atoms with E-state index in [2.05, 4.69) is 10.1 Å². The largest absolute Gasteiger partial charge is 0.508 e. The van der Waals surface area contributed by atoms with Crippen LogP contribution < -0.4 is 5.32 Å². The van der Waals surface area contributed by atoms with Gasteiger partial charge < -0.3 is 15.2 Å². The van der Waals surface area contributed by atoms with Crippen molar-refractivity contribution < 1.29 is 19.4 Å². The highest BCUT2D eigenvalue weighted by Gasteiger charge is 2.04. The highest BCUT2D eigenvalue weighted by molar-refractivity contribution is 5.86. The molecule has 0 aromatic heterocycles. The lowest BCUT2D eigenvalue weighted by Crippen LogP contribution is -2.15. The van der Waals surface area contributed by atoms with Gasteiger partial charge in [-0.25, -0.2) is 0 Å². The molecule has 15 heavy (non-hydrogen) atoms. The molecule has 0 unspecified atom stereocenters. The van der Waals surface area contributed by atoms with E-state index in [0.717, 1.165) is 0 Å². The number of aldehydes is 1. The molecule has 0 amide bonds. The van der Waals surface area contributed by atoms with Crippen molar-refractivity contribution in [3.63, 3.8) is 0 Å². The van der Waals surface area contributed by atoms with Gasteiger partial charge in [-0.1, -0.05) is 0 Å². The average molecular weight is 209 g/mol. The van der Waals surface area contributed by atoms with Crippen LogP contribution >= 0.6 is 0 Å². The predicted octanol–water partition coefficient (Wildman–Crippen LogP) is 0.790. The number of carbonyl (C=O) groups is 2. The van der Waals surface area contributed by atoms with Crippen molar-refractivity contribution in [1.29, 1.82) is 0 Å². The normalized spacial score (nSPS) is 9.40. The summed E-state index contributed by atoms with van der Waals surface area (Å²) in [4.78, 5) is 21.5. The van der Waals surface area contributed by atoms with Crippen LogP contribution in [0, 0.1) is 0 Å². The zero-order chi connectivity index (χ0) is 11.3. The first-order valence-corrected chi connectivity index (χ1v) is 4.26. The summed E-state index contributed by atoms with van der Waals surface area (Å²) in [6.45, 7) is -0.0257. The molecule has 1 aromatic rings. The number of aromatic hydroxyl groups is 1. The molecule has 0 radical (unpaired) electrons. The Kier molecular flexibility index (Phi) is 3.68. The number of rotatable bonds is 4. The summed E-state index contributed by atoms with van der Waals surface area (Å²) in [5, 5.41) is 11.8. The van der Waals surface area contributed by atoms with Gasteiger partial charge in [0.1, 0.15) is 12.3 Å². The van der Waals surface area contributed by atoms with Crippen molar-refractivity contribution in [3.05, 3.63) is 23.8 Å². The summed E-state index contributed by atoms with van der Waals surface area (Å²) >= 11 is 0. The molecule has 2 N–H and O–H groups in total. The maximum atomic E-state index is 10.8. The monoisotopic (exact) mass is 209 g/mol. The van der Waals surface area contributed by atoms with Crippen LogP contribution in [0.4, 0.5) is 5.69 Å². The third-order valence-electron chi connectivity index (χ3n) is 1.81. The SMILES string of the molecule is COC(=O)CNc1ccc(O)cc1C=O. The molecule has 0 heterocycles. The number of anilines is 1. The second kappa shape index (κ2) is 4.99. The van der Waals surface area contributed by atoms with Gasteiger partial charge in [-0.05, 0) is 18.2 Å². The molecule has 0 bridgehead atoms. The lowest BCUT2D eigenvalue weighted by molar-refractivity contribution is -0.138. The maximum Gasteiger partial charge on any atom is 0.325 e. The molecule has 0 spiro atoms. The van der Waals surface area contributed by atoms with E-state index < -0.39 is 5.97 Å². The number of hydrogen-bond acceptors (Lipinski definition) is 5. The summed E-state index contributed by atoms with van der Waals surface area (Å²) in [5.41, 5.74) is 0.770. The molecule has 1 rings (SSSR count). The minimum Gasteiger partial charge on any atom is -0.508 e. The van der Waals surface area contributed by atoms with E-state index in [4.69, 9.17) is 5.11 Å². The van der Waals surface area contributed by atoms with Crippen molar-refractivity contribution in [2.24, 2.45) is 0 Å². The molecule has 0 saturated heterocycles. The molecular formula is C10H11NO4. The van der Waals surface area contributed by atoms with Crippen LogP contribution in [0.2, 0.25) is 0 Å². The highest BCUT2D eigenvalue weighted by Crippen LogP contribution is 2.19. The molecule has 0 aliphatic rings. The number of benzene rings is 1. The summed E-state index contributed by atoms with van der Waals surface area (Å²) < 4.78 is 4.43. The summed E-state index contributed by atoms with van der Waals surface area (Å²) in [6.07, 6.45) is 0.597. The number of phenols is 1. The Labute approximate surface area is 86.7 Å². The van der Waals surface area contributed by atoms with E-state index in [1.807, 2.05) is 0 Å². The number of carbonyl (C=O) groups excluding carboxylic acids is 2. The zero-order valence-corrected chi connectivity index (χ0v) is 8.19. The second-order valence-electron chi connectivity index (χ2n) is 2.82. The first kappa shape index (κ1) is 11.0. The molecule has 5 nitrogen and oxygen atoms in total. The molecule has 0 atom stereocenters. The van der Waals surface area contributed by atoms with Crippen molar-refractivity contribution in [2.45, 2.75) is 0 Å². The molecule has 5 heteroatoms. The number of esters is 1. The molecular weight excluding hydrogens is 198 g/mol.